The highest BCUT2D eigenvalue weighted by Gasteiger charge is 2.23. The summed E-state index contributed by atoms with van der Waals surface area (Å²) in [4.78, 5) is 11.3. The topological polar surface area (TPSA) is 58.6 Å². The molecule has 0 aromatic heterocycles. The van der Waals surface area contributed by atoms with Crippen LogP contribution in [0.3, 0.4) is 0 Å². The number of hydrogen-bond acceptors (Lipinski definition) is 4. The van der Waals surface area contributed by atoms with E-state index in [4.69, 9.17) is 4.74 Å². The van der Waals surface area contributed by atoms with E-state index in [0.29, 0.717) is 25.1 Å². The molecule has 0 fully saturated rings. The molecule has 1 heterocycles. The van der Waals surface area contributed by atoms with Gasteiger partial charge in [0.2, 0.25) is 0 Å². The van der Waals surface area contributed by atoms with Crippen molar-refractivity contribution in [3.8, 4) is 0 Å². The molecule has 0 unspecified atom stereocenters. The highest BCUT2D eigenvalue weighted by Crippen LogP contribution is 2.15. The molecule has 2 N–H and O–H groups in total. The number of ether oxygens (including phenoxy) is 1. The first kappa shape index (κ1) is 10.1. The molecule has 0 aromatic carbocycles. The fourth-order valence-electron chi connectivity index (χ4n) is 1.29. The van der Waals surface area contributed by atoms with Gasteiger partial charge in [-0.3, -0.25) is 0 Å². The molecule has 0 spiro atoms. The number of rotatable bonds is 2. The monoisotopic (exact) mass is 185 g/mol. The van der Waals surface area contributed by atoms with Crippen molar-refractivity contribution in [1.82, 2.24) is 5.32 Å². The predicted octanol–water partition coefficient (Wildman–Crippen LogP) is 0.743. The second kappa shape index (κ2) is 4.28. The highest BCUT2D eigenvalue weighted by molar-refractivity contribution is 5.89. The largest absolute Gasteiger partial charge is 0.510 e. The van der Waals surface area contributed by atoms with E-state index < -0.39 is 5.97 Å². The third-order valence-electron chi connectivity index (χ3n) is 2.00. The summed E-state index contributed by atoms with van der Waals surface area (Å²) in [5, 5.41) is 12.4. The first-order valence-corrected chi connectivity index (χ1v) is 4.46. The Morgan fingerprint density at radius 1 is 1.77 bits per heavy atom. The van der Waals surface area contributed by atoms with Crippen LogP contribution in [0.4, 0.5) is 0 Å². The Morgan fingerprint density at radius 3 is 3.08 bits per heavy atom. The van der Waals surface area contributed by atoms with Gasteiger partial charge in [0.15, 0.2) is 0 Å². The van der Waals surface area contributed by atoms with Crippen molar-refractivity contribution in [2.24, 2.45) is 0 Å². The summed E-state index contributed by atoms with van der Waals surface area (Å²) < 4.78 is 4.82. The van der Waals surface area contributed by atoms with Crippen molar-refractivity contribution in [3.05, 3.63) is 11.3 Å². The first-order chi connectivity index (χ1) is 6.15. The van der Waals surface area contributed by atoms with Gasteiger partial charge in [0.05, 0.1) is 18.7 Å². The lowest BCUT2D eigenvalue weighted by atomic mass is 10.0. The number of esters is 1. The molecule has 0 saturated carbocycles. The summed E-state index contributed by atoms with van der Waals surface area (Å²) in [6.45, 7) is 4.42. The molecule has 0 saturated heterocycles. The van der Waals surface area contributed by atoms with Crippen LogP contribution >= 0.6 is 0 Å². The molecule has 0 aromatic rings. The lowest BCUT2D eigenvalue weighted by Gasteiger charge is -2.21. The van der Waals surface area contributed by atoms with Crippen molar-refractivity contribution in [2.45, 2.75) is 26.3 Å². The fourth-order valence-corrected chi connectivity index (χ4v) is 1.29. The number of hydrogen-bond donors (Lipinski definition) is 2. The maximum atomic E-state index is 11.3. The predicted molar refractivity (Wildman–Crippen MR) is 48.4 cm³/mol. The van der Waals surface area contributed by atoms with Gasteiger partial charge in [-0.15, -0.1) is 0 Å². The maximum Gasteiger partial charge on any atom is 0.337 e. The van der Waals surface area contributed by atoms with Gasteiger partial charge < -0.3 is 15.2 Å². The van der Waals surface area contributed by atoms with Gasteiger partial charge in [-0.05, 0) is 20.3 Å². The van der Waals surface area contributed by atoms with E-state index in [1.807, 2.05) is 6.92 Å². The van der Waals surface area contributed by atoms with E-state index in [2.05, 4.69) is 5.32 Å². The van der Waals surface area contributed by atoms with E-state index in [1.165, 1.54) is 0 Å². The minimum Gasteiger partial charge on any atom is -0.510 e. The molecular weight excluding hydrogens is 170 g/mol. The van der Waals surface area contributed by atoms with Crippen LogP contribution in [0.1, 0.15) is 20.3 Å². The van der Waals surface area contributed by atoms with E-state index in [9.17, 15) is 9.90 Å². The average molecular weight is 185 g/mol. The van der Waals surface area contributed by atoms with Crippen molar-refractivity contribution in [2.75, 3.05) is 13.2 Å². The Labute approximate surface area is 77.6 Å². The zero-order valence-corrected chi connectivity index (χ0v) is 7.96. The van der Waals surface area contributed by atoms with Gasteiger partial charge in [0.1, 0.15) is 5.76 Å². The maximum absolute atomic E-state index is 11.3. The van der Waals surface area contributed by atoms with Crippen molar-refractivity contribution in [1.29, 1.82) is 0 Å². The molecule has 13 heavy (non-hydrogen) atoms. The number of aliphatic hydroxyl groups excluding tert-OH is 1. The Kier molecular flexibility index (Phi) is 3.31. The van der Waals surface area contributed by atoms with Crippen molar-refractivity contribution >= 4 is 5.97 Å². The summed E-state index contributed by atoms with van der Waals surface area (Å²) >= 11 is 0. The minimum atomic E-state index is -0.395. The standard InChI is InChI=1S/C9H15NO3/c1-3-13-9(12)7-4-6(2)10-5-8(7)11/h6,10-11H,3-5H2,1-2H3/t6-/m1/s1. The summed E-state index contributed by atoms with van der Waals surface area (Å²) in [6, 6.07) is 0.218. The minimum absolute atomic E-state index is 0.108. The molecule has 1 rings (SSSR count). The molecule has 4 nitrogen and oxygen atoms in total. The van der Waals surface area contributed by atoms with Crippen LogP contribution < -0.4 is 5.32 Å². The molecule has 0 amide bonds. The molecule has 0 radical (unpaired) electrons. The number of nitrogens with one attached hydrogen (secondary N) is 1. The SMILES string of the molecule is CCOC(=O)C1=C(O)CN[C@H](C)C1. The van der Waals surface area contributed by atoms with E-state index >= 15 is 0 Å². The number of carbonyl (C=O) groups is 1. The van der Waals surface area contributed by atoms with Crippen LogP contribution in [0, 0.1) is 0 Å². The molecule has 1 atom stereocenters. The lowest BCUT2D eigenvalue weighted by molar-refractivity contribution is -0.139. The summed E-state index contributed by atoms with van der Waals surface area (Å²) in [7, 11) is 0. The smallest absolute Gasteiger partial charge is 0.337 e. The van der Waals surface area contributed by atoms with Gasteiger partial charge in [0, 0.05) is 6.04 Å². The normalized spacial score (nSPS) is 23.1. The Bertz CT molecular complexity index is 235. The summed E-state index contributed by atoms with van der Waals surface area (Å²) in [6.07, 6.45) is 0.532. The van der Waals surface area contributed by atoms with Crippen LogP contribution in [0.5, 0.6) is 0 Å². The molecule has 0 aliphatic carbocycles. The summed E-state index contributed by atoms with van der Waals surface area (Å²) in [5.41, 5.74) is 0.410. The van der Waals surface area contributed by atoms with Crippen LogP contribution in [-0.4, -0.2) is 30.3 Å². The van der Waals surface area contributed by atoms with Crippen LogP contribution in [0.15, 0.2) is 11.3 Å². The second-order valence-electron chi connectivity index (χ2n) is 3.13. The first-order valence-electron chi connectivity index (χ1n) is 4.46. The van der Waals surface area contributed by atoms with E-state index in [1.54, 1.807) is 6.92 Å². The Balaban J connectivity index is 2.70. The van der Waals surface area contributed by atoms with Crippen LogP contribution in [0.25, 0.3) is 0 Å². The number of carbonyl (C=O) groups excluding carboxylic acids is 1. The fraction of sp³-hybridized carbons (Fsp3) is 0.667. The zero-order valence-electron chi connectivity index (χ0n) is 7.96. The summed E-state index contributed by atoms with van der Waals surface area (Å²) in [5.74, 6) is -0.287. The van der Waals surface area contributed by atoms with Crippen molar-refractivity contribution < 1.29 is 14.6 Å². The number of aliphatic hydroxyl groups is 1. The Morgan fingerprint density at radius 2 is 2.46 bits per heavy atom. The van der Waals surface area contributed by atoms with E-state index in [0.717, 1.165) is 0 Å². The molecular formula is C9H15NO3. The van der Waals surface area contributed by atoms with Gasteiger partial charge in [0.25, 0.3) is 0 Å². The van der Waals surface area contributed by atoms with E-state index in [-0.39, 0.29) is 11.8 Å². The average Bonchev–Trinajstić information content (AvgIpc) is 2.09. The zero-order chi connectivity index (χ0) is 9.84. The quantitative estimate of drug-likeness (QED) is 0.623. The molecule has 74 valence electrons. The molecule has 0 bridgehead atoms. The molecule has 4 heteroatoms. The Hall–Kier alpha value is -1.03. The van der Waals surface area contributed by atoms with Crippen LogP contribution in [0.2, 0.25) is 0 Å². The third-order valence-corrected chi connectivity index (χ3v) is 2.00. The highest BCUT2D eigenvalue weighted by atomic mass is 16.5. The van der Waals surface area contributed by atoms with Gasteiger partial charge in [-0.25, -0.2) is 4.79 Å². The molecule has 1 aliphatic heterocycles. The third kappa shape index (κ3) is 2.45. The lowest BCUT2D eigenvalue weighted by Crippen LogP contribution is -2.35. The molecule has 1 aliphatic rings. The second-order valence-corrected chi connectivity index (χ2v) is 3.13. The van der Waals surface area contributed by atoms with Crippen molar-refractivity contribution in [3.63, 3.8) is 0 Å². The van der Waals surface area contributed by atoms with Crippen LogP contribution in [-0.2, 0) is 9.53 Å². The van der Waals surface area contributed by atoms with Gasteiger partial charge in [-0.2, -0.15) is 0 Å². The van der Waals surface area contributed by atoms with Gasteiger partial charge in [-0.1, -0.05) is 0 Å². The van der Waals surface area contributed by atoms with Gasteiger partial charge >= 0.3 is 5.97 Å².